The van der Waals surface area contributed by atoms with Gasteiger partial charge in [0.1, 0.15) is 16.0 Å². The van der Waals surface area contributed by atoms with Gasteiger partial charge in [-0.2, -0.15) is 0 Å². The van der Waals surface area contributed by atoms with Crippen molar-refractivity contribution in [3.8, 4) is 5.75 Å². The minimum atomic E-state index is -0.545. The third kappa shape index (κ3) is 5.04. The maximum atomic E-state index is 13.5. The van der Waals surface area contributed by atoms with Gasteiger partial charge in [0, 0.05) is 30.9 Å². The number of benzene rings is 1. The molecule has 1 aromatic carbocycles. The summed E-state index contributed by atoms with van der Waals surface area (Å²) in [7, 11) is 1.75. The first kappa shape index (κ1) is 26.3. The number of pyridine rings is 1. The van der Waals surface area contributed by atoms with Crippen LogP contribution in [0, 0.1) is 6.92 Å². The summed E-state index contributed by atoms with van der Waals surface area (Å²) >= 11 is 1.37. The fourth-order valence-electron chi connectivity index (χ4n) is 5.36. The highest BCUT2D eigenvalue weighted by Gasteiger charge is 2.47. The van der Waals surface area contributed by atoms with Crippen molar-refractivity contribution in [2.45, 2.75) is 62.1 Å². The average Bonchev–Trinajstić information content (AvgIpc) is 3.24. The molecule has 38 heavy (non-hydrogen) atoms. The number of anilines is 2. The van der Waals surface area contributed by atoms with Gasteiger partial charge in [-0.25, -0.2) is 9.78 Å². The molecule has 2 unspecified atom stereocenters. The smallest absolute Gasteiger partial charge is 0.327 e. The van der Waals surface area contributed by atoms with Gasteiger partial charge in [-0.1, -0.05) is 11.8 Å². The van der Waals surface area contributed by atoms with E-state index in [0.717, 1.165) is 46.1 Å². The van der Waals surface area contributed by atoms with Crippen LogP contribution in [0.1, 0.15) is 43.9 Å². The van der Waals surface area contributed by atoms with Crippen LogP contribution in [0.4, 0.5) is 16.2 Å². The van der Waals surface area contributed by atoms with E-state index in [0.29, 0.717) is 13.1 Å². The molecule has 0 spiro atoms. The molecule has 0 aliphatic carbocycles. The van der Waals surface area contributed by atoms with Crippen molar-refractivity contribution >= 4 is 41.0 Å². The predicted molar refractivity (Wildman–Crippen MR) is 146 cm³/mol. The van der Waals surface area contributed by atoms with Crippen LogP contribution in [0.3, 0.4) is 0 Å². The van der Waals surface area contributed by atoms with E-state index >= 15 is 0 Å². The molecule has 202 valence electrons. The molecule has 11 heteroatoms. The topological polar surface area (TPSA) is 116 Å². The Morgan fingerprint density at radius 2 is 2.08 bits per heavy atom. The number of amides is 4. The number of nitrogens with zero attached hydrogens (tertiary/aromatic N) is 3. The Morgan fingerprint density at radius 1 is 1.26 bits per heavy atom. The van der Waals surface area contributed by atoms with E-state index in [9.17, 15) is 14.4 Å². The number of thioether (sulfide) groups is 1. The quantitative estimate of drug-likeness (QED) is 0.497. The molecule has 3 N–H and O–H groups in total. The maximum absolute atomic E-state index is 13.5. The largest absolute Gasteiger partial charge is 0.491 e. The van der Waals surface area contributed by atoms with Gasteiger partial charge in [-0.3, -0.25) is 14.5 Å². The second-order valence-corrected chi connectivity index (χ2v) is 11.3. The summed E-state index contributed by atoms with van der Waals surface area (Å²) in [4.78, 5) is 47.3. The molecule has 3 atom stereocenters. The fraction of sp³-hybridized carbons (Fsp3) is 0.481. The Bertz CT molecular complexity index is 1250. The van der Waals surface area contributed by atoms with E-state index in [4.69, 9.17) is 4.74 Å². The first-order chi connectivity index (χ1) is 18.3. The average molecular weight is 539 g/mol. The van der Waals surface area contributed by atoms with Crippen LogP contribution >= 0.6 is 11.8 Å². The van der Waals surface area contributed by atoms with Crippen LogP contribution in [-0.2, 0) is 9.59 Å². The molecule has 0 saturated carbocycles. The van der Waals surface area contributed by atoms with E-state index in [1.54, 1.807) is 23.0 Å². The number of likely N-dealkylation sites (N-methyl/N-ethyl adjacent to an activating group) is 1. The number of urea groups is 1. The molecule has 0 radical (unpaired) electrons. The highest BCUT2D eigenvalue weighted by atomic mass is 32.2. The molecule has 1 saturated heterocycles. The number of hydrogen-bond donors (Lipinski definition) is 3. The number of carbonyl (C=O) groups is 3. The molecular formula is C27H34N6O4S. The summed E-state index contributed by atoms with van der Waals surface area (Å²) in [5, 5.41) is 9.30. The number of carbonyl (C=O) groups excluding carboxylic acids is 3. The first-order valence-corrected chi connectivity index (χ1v) is 13.9. The SMILES string of the molecule is CNCC(=O)N1CCCC(NC(=O)[C@@H]2Sc3nccc4c3C2NC(=O)N4c2ccc(OC(C)C)cc2C)C1. The zero-order chi connectivity index (χ0) is 27.0. The molecule has 4 amide bonds. The number of hydrogen-bond acceptors (Lipinski definition) is 7. The lowest BCUT2D eigenvalue weighted by Gasteiger charge is -2.36. The molecule has 3 aliphatic heterocycles. The van der Waals surface area contributed by atoms with Gasteiger partial charge < -0.3 is 25.6 Å². The van der Waals surface area contributed by atoms with Crippen molar-refractivity contribution in [2.24, 2.45) is 0 Å². The van der Waals surface area contributed by atoms with Crippen LogP contribution in [0.5, 0.6) is 5.75 Å². The molecule has 0 bridgehead atoms. The van der Waals surface area contributed by atoms with Gasteiger partial charge >= 0.3 is 6.03 Å². The number of rotatable bonds is 7. The number of piperidine rings is 1. The molecule has 1 fully saturated rings. The van der Waals surface area contributed by atoms with Gasteiger partial charge in [0.2, 0.25) is 11.8 Å². The Hall–Kier alpha value is -3.31. The van der Waals surface area contributed by atoms with E-state index in [1.807, 2.05) is 45.0 Å². The maximum Gasteiger partial charge on any atom is 0.327 e. The van der Waals surface area contributed by atoms with Crippen LogP contribution in [0.15, 0.2) is 35.5 Å². The highest BCUT2D eigenvalue weighted by molar-refractivity contribution is 8.01. The lowest BCUT2D eigenvalue weighted by molar-refractivity contribution is -0.132. The number of aromatic nitrogens is 1. The summed E-state index contributed by atoms with van der Waals surface area (Å²) in [5.41, 5.74) is 3.23. The predicted octanol–water partition coefficient (Wildman–Crippen LogP) is 2.88. The van der Waals surface area contributed by atoms with Crippen LogP contribution < -0.4 is 25.6 Å². The van der Waals surface area contributed by atoms with E-state index < -0.39 is 11.3 Å². The third-order valence-corrected chi connectivity index (χ3v) is 8.28. The molecule has 5 rings (SSSR count). The number of aryl methyl sites for hydroxylation is 1. The number of ether oxygens (including phenoxy) is 1. The van der Waals surface area contributed by atoms with Crippen LogP contribution in [0.25, 0.3) is 0 Å². The van der Waals surface area contributed by atoms with Gasteiger partial charge in [-0.15, -0.1) is 0 Å². The summed E-state index contributed by atoms with van der Waals surface area (Å²) < 4.78 is 5.81. The van der Waals surface area contributed by atoms with Gasteiger partial charge in [0.05, 0.1) is 30.1 Å². The standard InChI is InChI=1S/C27H34N6O4S/c1-15(2)37-18-7-8-19(16(3)12-18)33-20-9-10-29-26-22(20)23(31-27(33)36)24(38-26)25(35)30-17-6-5-11-32(14-17)21(34)13-28-4/h7-10,12,15,17,23-24,28H,5-6,11,13-14H2,1-4H3,(H,30,35)(H,31,36)/t17?,23?,24-/m1/s1. The summed E-state index contributed by atoms with van der Waals surface area (Å²) in [6.07, 6.45) is 3.37. The number of likely N-dealkylation sites (tertiary alicyclic amines) is 1. The Labute approximate surface area is 226 Å². The second kappa shape index (κ2) is 10.8. The van der Waals surface area contributed by atoms with Crippen LogP contribution in [0.2, 0.25) is 0 Å². The molecule has 4 heterocycles. The van der Waals surface area contributed by atoms with E-state index in [1.165, 1.54) is 11.8 Å². The second-order valence-electron chi connectivity index (χ2n) is 10.2. The summed E-state index contributed by atoms with van der Waals surface area (Å²) in [6.45, 7) is 7.35. The molecule has 2 aromatic rings. The van der Waals surface area contributed by atoms with Gasteiger partial charge in [0.25, 0.3) is 0 Å². The Morgan fingerprint density at radius 3 is 2.82 bits per heavy atom. The monoisotopic (exact) mass is 538 g/mol. The van der Waals surface area contributed by atoms with Crippen molar-refractivity contribution in [1.82, 2.24) is 25.8 Å². The van der Waals surface area contributed by atoms with Crippen LogP contribution in [-0.4, -0.2) is 71.8 Å². The Kier molecular flexibility index (Phi) is 7.49. The Balaban J connectivity index is 1.36. The van der Waals surface area contributed by atoms with Crippen molar-refractivity contribution in [3.05, 3.63) is 41.6 Å². The lowest BCUT2D eigenvalue weighted by Crippen LogP contribution is -2.54. The zero-order valence-corrected chi connectivity index (χ0v) is 22.9. The normalized spacial score (nSPS) is 22.2. The highest BCUT2D eigenvalue weighted by Crippen LogP contribution is 2.51. The fourth-order valence-corrected chi connectivity index (χ4v) is 6.59. The lowest BCUT2D eigenvalue weighted by atomic mass is 9.98. The molecule has 3 aliphatic rings. The van der Waals surface area contributed by atoms with Gasteiger partial charge in [-0.05, 0) is 70.5 Å². The van der Waals surface area contributed by atoms with E-state index in [-0.39, 0.29) is 36.5 Å². The first-order valence-electron chi connectivity index (χ1n) is 13.0. The molecule has 10 nitrogen and oxygen atoms in total. The minimum absolute atomic E-state index is 0.0293. The minimum Gasteiger partial charge on any atom is -0.491 e. The van der Waals surface area contributed by atoms with Crippen molar-refractivity contribution in [3.63, 3.8) is 0 Å². The van der Waals surface area contributed by atoms with Crippen molar-refractivity contribution < 1.29 is 19.1 Å². The van der Waals surface area contributed by atoms with Crippen molar-refractivity contribution in [1.29, 1.82) is 0 Å². The summed E-state index contributed by atoms with van der Waals surface area (Å²) in [5.74, 6) is 0.622. The molecular weight excluding hydrogens is 504 g/mol. The van der Waals surface area contributed by atoms with Crippen molar-refractivity contribution in [2.75, 3.05) is 31.6 Å². The molecule has 1 aromatic heterocycles. The van der Waals surface area contributed by atoms with Gasteiger partial charge in [0.15, 0.2) is 0 Å². The number of nitrogens with one attached hydrogen (secondary N) is 3. The zero-order valence-electron chi connectivity index (χ0n) is 22.1. The van der Waals surface area contributed by atoms with E-state index in [2.05, 4.69) is 20.9 Å². The summed E-state index contributed by atoms with van der Waals surface area (Å²) in [6, 6.07) is 6.60. The third-order valence-electron chi connectivity index (χ3n) is 6.99.